The summed E-state index contributed by atoms with van der Waals surface area (Å²) in [6, 6.07) is 20.0. The number of nitrogens with zero attached hydrogens (tertiary/aromatic N) is 1. The van der Waals surface area contributed by atoms with Crippen molar-refractivity contribution < 1.29 is 14.3 Å². The van der Waals surface area contributed by atoms with Gasteiger partial charge in [0.2, 0.25) is 5.91 Å². The fourth-order valence-electron chi connectivity index (χ4n) is 4.04. The van der Waals surface area contributed by atoms with E-state index in [4.69, 9.17) is 4.74 Å². The van der Waals surface area contributed by atoms with Crippen LogP contribution in [0.3, 0.4) is 0 Å². The molecule has 0 saturated carbocycles. The Kier molecular flexibility index (Phi) is 13.7. The molecule has 2 aromatic carbocycles. The number of carbonyl (C=O) groups excluding carboxylic acids is 2. The van der Waals surface area contributed by atoms with Crippen LogP contribution in [-0.2, 0) is 27.4 Å². The van der Waals surface area contributed by atoms with Gasteiger partial charge >= 0.3 is 5.97 Å². The fourth-order valence-corrected chi connectivity index (χ4v) is 4.04. The molecule has 0 aliphatic carbocycles. The third-order valence-electron chi connectivity index (χ3n) is 5.82. The number of hydrogen-bond acceptors (Lipinski definition) is 4. The van der Waals surface area contributed by atoms with E-state index in [2.05, 4.69) is 35.6 Å². The summed E-state index contributed by atoms with van der Waals surface area (Å²) >= 11 is 0. The molecule has 0 unspecified atom stereocenters. The summed E-state index contributed by atoms with van der Waals surface area (Å²) in [6.07, 6.45) is 9.99. The van der Waals surface area contributed by atoms with Gasteiger partial charge in [-0.2, -0.15) is 0 Å². The average molecular weight is 467 g/mol. The molecule has 0 spiro atoms. The summed E-state index contributed by atoms with van der Waals surface area (Å²) in [4.78, 5) is 26.7. The van der Waals surface area contributed by atoms with Gasteiger partial charge in [-0.25, -0.2) is 0 Å². The lowest BCUT2D eigenvalue weighted by molar-refractivity contribution is -0.145. The second-order valence-electron chi connectivity index (χ2n) is 9.34. The van der Waals surface area contributed by atoms with Crippen LogP contribution in [0.25, 0.3) is 0 Å². The number of rotatable bonds is 17. The molecule has 0 fully saturated rings. The van der Waals surface area contributed by atoms with E-state index in [9.17, 15) is 9.59 Å². The normalized spacial score (nSPS) is 11.9. The molecule has 0 bridgehead atoms. The van der Waals surface area contributed by atoms with Gasteiger partial charge < -0.3 is 15.0 Å². The van der Waals surface area contributed by atoms with E-state index < -0.39 is 0 Å². The van der Waals surface area contributed by atoms with E-state index in [1.807, 2.05) is 49.3 Å². The zero-order valence-electron chi connectivity index (χ0n) is 21.0. The molecular weight excluding hydrogens is 424 g/mol. The summed E-state index contributed by atoms with van der Waals surface area (Å²) in [7, 11) is 3.88. The van der Waals surface area contributed by atoms with Crippen molar-refractivity contribution in [1.29, 1.82) is 0 Å². The van der Waals surface area contributed by atoms with Crippen LogP contribution in [0.15, 0.2) is 60.7 Å². The maximum Gasteiger partial charge on any atom is 0.308 e. The van der Waals surface area contributed by atoms with Crippen molar-refractivity contribution >= 4 is 11.9 Å². The molecule has 0 aliphatic rings. The third kappa shape index (κ3) is 13.1. The molecule has 34 heavy (non-hydrogen) atoms. The predicted molar refractivity (Wildman–Crippen MR) is 138 cm³/mol. The Balaban J connectivity index is 1.54. The van der Waals surface area contributed by atoms with Gasteiger partial charge in [0.1, 0.15) is 6.61 Å². The number of aryl methyl sites for hydroxylation is 1. The molecule has 1 N–H and O–H groups in total. The molecule has 2 rings (SSSR count). The van der Waals surface area contributed by atoms with Crippen molar-refractivity contribution in [1.82, 2.24) is 10.2 Å². The second-order valence-corrected chi connectivity index (χ2v) is 9.34. The summed E-state index contributed by atoms with van der Waals surface area (Å²) in [5.74, 6) is -0.270. The monoisotopic (exact) mass is 466 g/mol. The highest BCUT2D eigenvalue weighted by molar-refractivity contribution is 5.77. The standard InChI is InChI=1S/C29H42N2O3/c1-31(2)23-27(22-29(33)34-24-26-19-13-9-14-20-26)30-28(32)21-15-7-5-3-4-6-10-16-25-17-11-8-12-18-25/h8-9,11-14,17-20,27H,3-7,10,15-16,21-24H2,1-2H3,(H,30,32)/t27-/m0/s1. The molecule has 5 heteroatoms. The molecule has 0 aliphatic heterocycles. The highest BCUT2D eigenvalue weighted by Gasteiger charge is 2.18. The number of benzene rings is 2. The summed E-state index contributed by atoms with van der Waals surface area (Å²) in [6.45, 7) is 0.865. The van der Waals surface area contributed by atoms with Gasteiger partial charge in [-0.1, -0.05) is 92.8 Å². The first-order valence-electron chi connectivity index (χ1n) is 12.7. The molecule has 0 radical (unpaired) electrons. The van der Waals surface area contributed by atoms with E-state index in [1.54, 1.807) is 0 Å². The van der Waals surface area contributed by atoms with Gasteiger partial charge in [0, 0.05) is 13.0 Å². The van der Waals surface area contributed by atoms with Crippen LogP contribution in [0.1, 0.15) is 68.9 Å². The smallest absolute Gasteiger partial charge is 0.308 e. The molecule has 5 nitrogen and oxygen atoms in total. The number of nitrogens with one attached hydrogen (secondary N) is 1. The molecule has 0 saturated heterocycles. The predicted octanol–water partition coefficient (Wildman–Crippen LogP) is 5.53. The third-order valence-corrected chi connectivity index (χ3v) is 5.82. The first kappa shape index (κ1) is 27.6. The fraction of sp³-hybridized carbons (Fsp3) is 0.517. The first-order chi connectivity index (χ1) is 16.5. The minimum absolute atomic E-state index is 0.0190. The number of amides is 1. The van der Waals surface area contributed by atoms with Crippen LogP contribution in [0.4, 0.5) is 0 Å². The van der Waals surface area contributed by atoms with E-state index in [0.29, 0.717) is 13.0 Å². The number of unbranched alkanes of at least 4 members (excludes halogenated alkanes) is 6. The zero-order chi connectivity index (χ0) is 24.4. The van der Waals surface area contributed by atoms with Crippen LogP contribution in [-0.4, -0.2) is 43.5 Å². The number of likely N-dealkylation sites (N-methyl/N-ethyl adjacent to an activating group) is 1. The van der Waals surface area contributed by atoms with Crippen molar-refractivity contribution in [2.24, 2.45) is 0 Å². The molecule has 2 aromatic rings. The van der Waals surface area contributed by atoms with Crippen molar-refractivity contribution in [3.05, 3.63) is 71.8 Å². The largest absolute Gasteiger partial charge is 0.461 e. The maximum atomic E-state index is 12.4. The highest BCUT2D eigenvalue weighted by atomic mass is 16.5. The van der Waals surface area contributed by atoms with Crippen molar-refractivity contribution in [3.8, 4) is 0 Å². The topological polar surface area (TPSA) is 58.6 Å². The summed E-state index contributed by atoms with van der Waals surface area (Å²) in [5.41, 5.74) is 2.38. The molecule has 0 heterocycles. The lowest BCUT2D eigenvalue weighted by atomic mass is 10.0. The Bertz CT molecular complexity index is 809. The quantitative estimate of drug-likeness (QED) is 0.246. The zero-order valence-corrected chi connectivity index (χ0v) is 21.0. The average Bonchev–Trinajstić information content (AvgIpc) is 2.82. The van der Waals surface area contributed by atoms with Gasteiger partial charge in [0.05, 0.1) is 12.5 Å². The molecule has 0 aromatic heterocycles. The summed E-state index contributed by atoms with van der Waals surface area (Å²) in [5, 5.41) is 3.03. The van der Waals surface area contributed by atoms with Gasteiger partial charge in [0.15, 0.2) is 0 Å². The van der Waals surface area contributed by atoms with Gasteiger partial charge in [-0.05, 0) is 44.5 Å². The molecule has 1 amide bonds. The van der Waals surface area contributed by atoms with E-state index in [1.165, 1.54) is 37.7 Å². The van der Waals surface area contributed by atoms with Crippen molar-refractivity contribution in [2.45, 2.75) is 76.9 Å². The van der Waals surface area contributed by atoms with Gasteiger partial charge in [-0.15, -0.1) is 0 Å². The lowest BCUT2D eigenvalue weighted by Gasteiger charge is -2.22. The molecular formula is C29H42N2O3. The number of carbonyl (C=O) groups is 2. The molecule has 1 atom stereocenters. The Morgan fingerprint density at radius 1 is 0.794 bits per heavy atom. The number of hydrogen-bond donors (Lipinski definition) is 1. The Morgan fingerprint density at radius 3 is 1.97 bits per heavy atom. The maximum absolute atomic E-state index is 12.4. The van der Waals surface area contributed by atoms with Crippen LogP contribution >= 0.6 is 0 Å². The van der Waals surface area contributed by atoms with Crippen LogP contribution in [0, 0.1) is 0 Å². The second kappa shape index (κ2) is 16.9. The van der Waals surface area contributed by atoms with Crippen LogP contribution in [0.2, 0.25) is 0 Å². The minimum atomic E-state index is -0.289. The SMILES string of the molecule is CN(C)C[C@H](CC(=O)OCc1ccccc1)NC(=O)CCCCCCCCCc1ccccc1. The minimum Gasteiger partial charge on any atom is -0.461 e. The Labute approximate surface area is 205 Å². The number of ether oxygens (including phenoxy) is 1. The van der Waals surface area contributed by atoms with Gasteiger partial charge in [-0.3, -0.25) is 9.59 Å². The van der Waals surface area contributed by atoms with Crippen molar-refractivity contribution in [3.63, 3.8) is 0 Å². The highest BCUT2D eigenvalue weighted by Crippen LogP contribution is 2.12. The molecule has 186 valence electrons. The van der Waals surface area contributed by atoms with Crippen molar-refractivity contribution in [2.75, 3.05) is 20.6 Å². The Morgan fingerprint density at radius 2 is 1.35 bits per heavy atom. The van der Waals surface area contributed by atoms with E-state index >= 15 is 0 Å². The Hall–Kier alpha value is -2.66. The van der Waals surface area contributed by atoms with Gasteiger partial charge in [0.25, 0.3) is 0 Å². The van der Waals surface area contributed by atoms with Crippen LogP contribution in [0.5, 0.6) is 0 Å². The lowest BCUT2D eigenvalue weighted by Crippen LogP contribution is -2.43. The number of esters is 1. The first-order valence-corrected chi connectivity index (χ1v) is 12.7. The van der Waals surface area contributed by atoms with Crippen LogP contribution < -0.4 is 5.32 Å². The van der Waals surface area contributed by atoms with E-state index in [-0.39, 0.29) is 30.9 Å². The summed E-state index contributed by atoms with van der Waals surface area (Å²) < 4.78 is 5.39. The van der Waals surface area contributed by atoms with E-state index in [0.717, 1.165) is 24.8 Å².